The van der Waals surface area contributed by atoms with Crippen LogP contribution in [0.4, 0.5) is 26.3 Å². The Morgan fingerprint density at radius 1 is 1.02 bits per heavy atom. The van der Waals surface area contributed by atoms with E-state index in [1.165, 1.54) is 40.0 Å². The third-order valence-corrected chi connectivity index (χ3v) is 11.8. The number of nitrogens with zero attached hydrogens (tertiary/aromatic N) is 6. The lowest BCUT2D eigenvalue weighted by molar-refractivity contribution is -0.169. The minimum absolute atomic E-state index is 0.00727. The van der Waals surface area contributed by atoms with Crippen LogP contribution in [-0.4, -0.2) is 115 Å². The topological polar surface area (TPSA) is 128 Å². The smallest absolute Gasteiger partial charge is 0.408 e. The Balaban J connectivity index is 1.25. The number of carbonyl (C=O) groups is 1. The normalized spacial score (nSPS) is 15.0. The third kappa shape index (κ3) is 9.34. The third-order valence-electron chi connectivity index (χ3n) is 10.2. The molecule has 1 atom stereocenters. The van der Waals surface area contributed by atoms with E-state index < -0.39 is 59.3 Å². The fourth-order valence-electron chi connectivity index (χ4n) is 7.09. The van der Waals surface area contributed by atoms with Gasteiger partial charge in [0.15, 0.2) is 15.7 Å². The van der Waals surface area contributed by atoms with Crippen LogP contribution in [0.15, 0.2) is 71.5 Å². The van der Waals surface area contributed by atoms with Crippen molar-refractivity contribution < 1.29 is 54.9 Å². The van der Waals surface area contributed by atoms with Crippen molar-refractivity contribution in [3.63, 3.8) is 0 Å². The molecule has 1 N–H and O–H groups in total. The summed E-state index contributed by atoms with van der Waals surface area (Å²) in [5.74, 6) is -7.11. The Morgan fingerprint density at radius 3 is 2.44 bits per heavy atom. The molecule has 0 radical (unpaired) electrons. The lowest BCUT2D eigenvalue weighted by atomic mass is 9.63. The maximum absolute atomic E-state index is 16.8. The van der Waals surface area contributed by atoms with Crippen LogP contribution in [0.2, 0.25) is 5.02 Å². The first-order chi connectivity index (χ1) is 28.8. The van der Waals surface area contributed by atoms with Gasteiger partial charge in [-0.3, -0.25) is 9.58 Å². The van der Waals surface area contributed by atoms with Gasteiger partial charge in [0.05, 0.1) is 31.9 Å². The molecule has 61 heavy (non-hydrogen) atoms. The van der Waals surface area contributed by atoms with E-state index >= 15 is 8.78 Å². The number of aliphatic carboxylic acids is 1. The van der Waals surface area contributed by atoms with Crippen molar-refractivity contribution in [1.29, 1.82) is 0 Å². The highest BCUT2D eigenvalue weighted by Crippen LogP contribution is 2.50. The number of fused-ring (bicyclic) bond motifs is 1. The van der Waals surface area contributed by atoms with Gasteiger partial charge in [0.1, 0.15) is 41.6 Å². The van der Waals surface area contributed by atoms with Crippen molar-refractivity contribution in [2.75, 3.05) is 46.4 Å². The molecule has 1 aliphatic heterocycles. The minimum Gasteiger partial charge on any atom is -0.499 e. The molecule has 7 rings (SSSR count). The number of alkyl halides is 5. The van der Waals surface area contributed by atoms with Gasteiger partial charge in [0.25, 0.3) is 12.1 Å². The first-order valence-electron chi connectivity index (χ1n) is 18.8. The highest BCUT2D eigenvalue weighted by Gasteiger charge is 2.51. The number of furan rings is 1. The Bertz CT molecular complexity index is 2550. The number of para-hydroxylation sites is 1. The average Bonchev–Trinajstić information content (AvgIpc) is 3.94. The molecular weight excluding hydrogens is 852 g/mol. The van der Waals surface area contributed by atoms with E-state index in [9.17, 15) is 27.5 Å². The largest absolute Gasteiger partial charge is 0.499 e. The average molecular weight is 889 g/mol. The number of hydrogen-bond donors (Lipinski definition) is 1. The number of carboxylic acid groups (broad SMARTS) is 1. The molecule has 1 aliphatic rings. The molecule has 1 fully saturated rings. The van der Waals surface area contributed by atoms with Crippen molar-refractivity contribution in [2.24, 2.45) is 0 Å². The summed E-state index contributed by atoms with van der Waals surface area (Å²) in [6.45, 7) is 4.93. The molecule has 22 heteroatoms. The molecular formula is C39H37B2ClF6N6O6S. The number of carboxylic acids is 1. The zero-order valence-corrected chi connectivity index (χ0v) is 34.7. The van der Waals surface area contributed by atoms with Crippen LogP contribution < -0.4 is 14.2 Å². The quantitative estimate of drug-likeness (QED) is 0.0938. The fourth-order valence-corrected chi connectivity index (χ4v) is 8.42. The molecule has 2 aromatic carbocycles. The second-order valence-corrected chi connectivity index (χ2v) is 16.2. The summed E-state index contributed by atoms with van der Waals surface area (Å²) < 4.78 is 112. The second kappa shape index (κ2) is 17.3. The van der Waals surface area contributed by atoms with Gasteiger partial charge in [-0.25, -0.2) is 14.8 Å². The molecule has 1 saturated heterocycles. The van der Waals surface area contributed by atoms with Crippen LogP contribution in [0, 0.1) is 12.9 Å². The molecule has 6 aromatic rings. The Hall–Kier alpha value is -5.24. The van der Waals surface area contributed by atoms with Gasteiger partial charge in [-0.2, -0.15) is 31.4 Å². The number of ether oxygens (including phenoxy) is 3. The first kappa shape index (κ1) is 43.8. The number of piperazine rings is 1. The van der Waals surface area contributed by atoms with Gasteiger partial charge in [-0.05, 0) is 55.4 Å². The van der Waals surface area contributed by atoms with Crippen molar-refractivity contribution in [1.82, 2.24) is 29.5 Å². The highest BCUT2D eigenvalue weighted by atomic mass is 35.5. The predicted molar refractivity (Wildman–Crippen MR) is 220 cm³/mol. The zero-order chi connectivity index (χ0) is 43.9. The summed E-state index contributed by atoms with van der Waals surface area (Å²) in [6, 6.07) is 10.7. The van der Waals surface area contributed by atoms with E-state index in [4.69, 9.17) is 30.2 Å². The van der Waals surface area contributed by atoms with E-state index in [-0.39, 0.29) is 37.1 Å². The number of thiophene rings is 1. The van der Waals surface area contributed by atoms with Crippen LogP contribution in [0.25, 0.3) is 32.0 Å². The summed E-state index contributed by atoms with van der Waals surface area (Å²) in [6.07, 6.45) is -5.48. The zero-order valence-electron chi connectivity index (χ0n) is 33.1. The Labute approximate surface area is 355 Å². The van der Waals surface area contributed by atoms with E-state index in [1.54, 1.807) is 19.1 Å². The van der Waals surface area contributed by atoms with Gasteiger partial charge < -0.3 is 28.6 Å². The molecule has 0 unspecified atom stereocenters. The fraction of sp³-hybridized carbons (Fsp3) is 0.333. The maximum Gasteiger partial charge on any atom is 0.408 e. The van der Waals surface area contributed by atoms with Crippen molar-refractivity contribution in [2.45, 2.75) is 37.1 Å². The van der Waals surface area contributed by atoms with E-state index in [2.05, 4.69) is 31.9 Å². The number of rotatable bonds is 15. The molecule has 0 saturated carbocycles. The monoisotopic (exact) mass is 888 g/mol. The van der Waals surface area contributed by atoms with E-state index in [0.29, 0.717) is 34.7 Å². The SMILES string of the molecule is BC(B)(Oc1ccccc1C(F)(F)[C@H](Oc1ncnc2sc(-c3ccc(F)o3)c(-c3ccc(OCCN4CCN(C)CC4)c(Cl)c3C)c12)C(=O)O)c1ccnn1CC(F)(F)F. The summed E-state index contributed by atoms with van der Waals surface area (Å²) in [5, 5.41) is 12.7. The molecule has 0 amide bonds. The van der Waals surface area contributed by atoms with Gasteiger partial charge in [0, 0.05) is 50.6 Å². The number of benzene rings is 2. The van der Waals surface area contributed by atoms with Crippen LogP contribution in [0.1, 0.15) is 16.8 Å². The maximum atomic E-state index is 16.8. The summed E-state index contributed by atoms with van der Waals surface area (Å²) >= 11 is 7.89. The van der Waals surface area contributed by atoms with Crippen molar-refractivity contribution in [3.05, 3.63) is 95.0 Å². The first-order valence-corrected chi connectivity index (χ1v) is 20.0. The second-order valence-electron chi connectivity index (χ2n) is 14.9. The predicted octanol–water partition coefficient (Wildman–Crippen LogP) is 6.18. The van der Waals surface area contributed by atoms with Gasteiger partial charge in [0.2, 0.25) is 5.88 Å². The number of hydrogen-bond acceptors (Lipinski definition) is 11. The van der Waals surface area contributed by atoms with E-state index in [0.717, 1.165) is 68.2 Å². The molecule has 0 spiro atoms. The van der Waals surface area contributed by atoms with E-state index in [1.807, 2.05) is 0 Å². The van der Waals surface area contributed by atoms with Gasteiger partial charge >= 0.3 is 18.1 Å². The van der Waals surface area contributed by atoms with Crippen LogP contribution >= 0.6 is 22.9 Å². The Kier molecular flexibility index (Phi) is 12.4. The summed E-state index contributed by atoms with van der Waals surface area (Å²) in [7, 11) is 4.78. The number of aromatic nitrogens is 4. The summed E-state index contributed by atoms with van der Waals surface area (Å²) in [4.78, 5) is 26.3. The number of likely N-dealkylation sites (N-methyl/N-ethyl adjacent to an activating group) is 1. The van der Waals surface area contributed by atoms with Crippen LogP contribution in [0.3, 0.4) is 0 Å². The van der Waals surface area contributed by atoms with Crippen LogP contribution in [-0.2, 0) is 22.7 Å². The molecule has 4 aromatic heterocycles. The van der Waals surface area contributed by atoms with Crippen molar-refractivity contribution in [3.8, 4) is 39.1 Å². The molecule has 0 aliphatic carbocycles. The highest BCUT2D eigenvalue weighted by molar-refractivity contribution is 7.22. The molecule has 320 valence electrons. The lowest BCUT2D eigenvalue weighted by Crippen LogP contribution is -2.45. The van der Waals surface area contributed by atoms with Gasteiger partial charge in [-0.1, -0.05) is 29.8 Å². The van der Waals surface area contributed by atoms with Crippen molar-refractivity contribution >= 4 is 54.8 Å². The van der Waals surface area contributed by atoms with Gasteiger partial charge in [-0.15, -0.1) is 11.3 Å². The molecule has 0 bridgehead atoms. The van der Waals surface area contributed by atoms with Crippen LogP contribution in [0.5, 0.6) is 17.4 Å². The molecule has 12 nitrogen and oxygen atoms in total. The standard InChI is InChI=1S/C39H37B2ClF6N6O6S/c1-21-22(7-8-25(31(21)42)57-18-17-53-15-13-52(2)14-16-53)29-30-34(49-20-50-35(30)61-32(29)26-9-10-28(43)58-26)59-33(36(55)56)38(47,48)23-5-3-4-6-24(23)60-39(40,41)27-11-12-51-54(27)19-37(44,45)46/h3-12,20,33H,13-19,40-41H2,1-2H3,(H,55,56)/t33-/m1/s1. The molecule has 5 heterocycles. The Morgan fingerprint density at radius 2 is 1.75 bits per heavy atom. The summed E-state index contributed by atoms with van der Waals surface area (Å²) in [5.41, 5.74) is 0.105. The minimum atomic E-state index is -4.65. The number of halogens is 7. The lowest BCUT2D eigenvalue weighted by Gasteiger charge is -2.32.